The van der Waals surface area contributed by atoms with Gasteiger partial charge >= 0.3 is 0 Å². The number of carbonyl (C=O) groups excluding carboxylic acids is 1. The standard InChI is InChI=1S/C24H25ClN4OS2/c1-2-16-6-5-9-19-21(16)27-24(32-19)29-14-12-28(13-15-29)11-10-26-23(30)22-20(25)17-7-3-4-8-18(17)31-22/h3-9H,2,10-15H2,1H3,(H,26,30). The van der Waals surface area contributed by atoms with Crippen LogP contribution >= 0.6 is 34.3 Å². The molecule has 0 radical (unpaired) electrons. The smallest absolute Gasteiger partial charge is 0.262 e. The number of nitrogens with one attached hydrogen (secondary N) is 1. The fraction of sp³-hybridized carbons (Fsp3) is 0.333. The number of carbonyl (C=O) groups is 1. The molecule has 8 heteroatoms. The predicted molar refractivity (Wildman–Crippen MR) is 137 cm³/mol. The van der Waals surface area contributed by atoms with Gasteiger partial charge in [0.25, 0.3) is 5.91 Å². The van der Waals surface area contributed by atoms with Gasteiger partial charge in [-0.05, 0) is 24.1 Å². The van der Waals surface area contributed by atoms with E-state index in [-0.39, 0.29) is 5.91 Å². The summed E-state index contributed by atoms with van der Waals surface area (Å²) in [6, 6.07) is 14.3. The SMILES string of the molecule is CCc1cccc2sc(N3CCN(CCNC(=O)c4sc5ccccc5c4Cl)CC3)nc12. The van der Waals surface area contributed by atoms with Crippen LogP contribution in [0.15, 0.2) is 42.5 Å². The van der Waals surface area contributed by atoms with Gasteiger partial charge in [-0.3, -0.25) is 9.69 Å². The number of hydrogen-bond donors (Lipinski definition) is 1. The van der Waals surface area contributed by atoms with Crippen molar-refractivity contribution in [3.8, 4) is 0 Å². The van der Waals surface area contributed by atoms with Crippen molar-refractivity contribution in [1.82, 2.24) is 15.2 Å². The number of amides is 1. The molecule has 166 valence electrons. The Hall–Kier alpha value is -2.19. The van der Waals surface area contributed by atoms with Crippen molar-refractivity contribution in [2.24, 2.45) is 0 Å². The number of thiophene rings is 1. The number of halogens is 1. The predicted octanol–water partition coefficient (Wildman–Crippen LogP) is 5.28. The molecular weight excluding hydrogens is 460 g/mol. The van der Waals surface area contributed by atoms with E-state index in [0.29, 0.717) is 16.4 Å². The van der Waals surface area contributed by atoms with Gasteiger partial charge in [0, 0.05) is 49.4 Å². The molecule has 0 saturated carbocycles. The minimum Gasteiger partial charge on any atom is -0.350 e. The lowest BCUT2D eigenvalue weighted by molar-refractivity contribution is 0.0952. The summed E-state index contributed by atoms with van der Waals surface area (Å²) in [6.45, 7) is 7.48. The van der Waals surface area contributed by atoms with Crippen molar-refractivity contribution in [1.29, 1.82) is 0 Å². The first-order chi connectivity index (χ1) is 15.6. The Balaban J connectivity index is 1.14. The lowest BCUT2D eigenvalue weighted by Gasteiger charge is -2.34. The number of para-hydroxylation sites is 1. The number of thiazole rings is 1. The number of aryl methyl sites for hydroxylation is 1. The van der Waals surface area contributed by atoms with Crippen molar-refractivity contribution in [2.75, 3.05) is 44.2 Å². The topological polar surface area (TPSA) is 48.5 Å². The monoisotopic (exact) mass is 484 g/mol. The molecule has 1 amide bonds. The maximum Gasteiger partial charge on any atom is 0.262 e. The molecule has 3 heterocycles. The fourth-order valence-electron chi connectivity index (χ4n) is 4.15. The Morgan fingerprint density at radius 2 is 1.84 bits per heavy atom. The van der Waals surface area contributed by atoms with Crippen LogP contribution in [-0.2, 0) is 6.42 Å². The Labute approximate surface area is 200 Å². The molecule has 1 fully saturated rings. The van der Waals surface area contributed by atoms with E-state index in [1.165, 1.54) is 21.6 Å². The summed E-state index contributed by atoms with van der Waals surface area (Å²) >= 11 is 9.67. The van der Waals surface area contributed by atoms with E-state index in [0.717, 1.165) is 59.9 Å². The molecule has 32 heavy (non-hydrogen) atoms. The van der Waals surface area contributed by atoms with Gasteiger partial charge in [-0.1, -0.05) is 60.2 Å². The molecule has 0 bridgehead atoms. The molecule has 0 unspecified atom stereocenters. The molecule has 1 aliphatic rings. The third-order valence-corrected chi connectivity index (χ3v) is 8.73. The van der Waals surface area contributed by atoms with E-state index in [4.69, 9.17) is 16.6 Å². The highest BCUT2D eigenvalue weighted by Gasteiger charge is 2.21. The van der Waals surface area contributed by atoms with Crippen molar-refractivity contribution in [3.05, 3.63) is 57.9 Å². The van der Waals surface area contributed by atoms with E-state index < -0.39 is 0 Å². The summed E-state index contributed by atoms with van der Waals surface area (Å²) in [6.07, 6.45) is 1.01. The number of aromatic nitrogens is 1. The van der Waals surface area contributed by atoms with Gasteiger partial charge in [0.1, 0.15) is 4.88 Å². The highest BCUT2D eigenvalue weighted by molar-refractivity contribution is 7.22. The number of nitrogens with zero attached hydrogens (tertiary/aromatic N) is 3. The normalized spacial score (nSPS) is 15.0. The van der Waals surface area contributed by atoms with Crippen LogP contribution in [0.25, 0.3) is 20.3 Å². The molecule has 0 atom stereocenters. The van der Waals surface area contributed by atoms with Gasteiger partial charge in [0.15, 0.2) is 5.13 Å². The Kier molecular flexibility index (Phi) is 6.33. The van der Waals surface area contributed by atoms with Gasteiger partial charge in [-0.25, -0.2) is 4.98 Å². The van der Waals surface area contributed by atoms with Gasteiger partial charge in [-0.2, -0.15) is 0 Å². The van der Waals surface area contributed by atoms with Crippen molar-refractivity contribution in [2.45, 2.75) is 13.3 Å². The highest BCUT2D eigenvalue weighted by atomic mass is 35.5. The first-order valence-electron chi connectivity index (χ1n) is 10.9. The van der Waals surface area contributed by atoms with Crippen LogP contribution < -0.4 is 10.2 Å². The molecule has 0 aliphatic carbocycles. The Morgan fingerprint density at radius 1 is 1.06 bits per heavy atom. The summed E-state index contributed by atoms with van der Waals surface area (Å²) in [7, 11) is 0. The maximum atomic E-state index is 12.6. The molecule has 1 N–H and O–H groups in total. The van der Waals surface area contributed by atoms with Crippen molar-refractivity contribution in [3.63, 3.8) is 0 Å². The quantitative estimate of drug-likeness (QED) is 0.404. The first kappa shape index (κ1) is 21.6. The minimum atomic E-state index is -0.0870. The zero-order chi connectivity index (χ0) is 22.1. The van der Waals surface area contributed by atoms with Crippen LogP contribution in [0.2, 0.25) is 5.02 Å². The molecule has 2 aromatic heterocycles. The minimum absolute atomic E-state index is 0.0870. The molecule has 2 aromatic carbocycles. The van der Waals surface area contributed by atoms with Crippen LogP contribution in [0, 0.1) is 0 Å². The third kappa shape index (κ3) is 4.22. The molecule has 4 aromatic rings. The first-order valence-corrected chi connectivity index (χ1v) is 13.0. The van der Waals surface area contributed by atoms with E-state index in [9.17, 15) is 4.79 Å². The number of piperazine rings is 1. The number of anilines is 1. The molecule has 5 rings (SSSR count). The number of benzene rings is 2. The summed E-state index contributed by atoms with van der Waals surface area (Å²) in [4.78, 5) is 22.9. The van der Waals surface area contributed by atoms with Gasteiger partial charge in [0.05, 0.1) is 15.2 Å². The second kappa shape index (κ2) is 9.35. The fourth-order valence-corrected chi connectivity index (χ4v) is 6.64. The van der Waals surface area contributed by atoms with Gasteiger partial charge < -0.3 is 10.2 Å². The molecule has 1 saturated heterocycles. The average molecular weight is 485 g/mol. The second-order valence-corrected chi connectivity index (χ2v) is 10.4. The zero-order valence-corrected chi connectivity index (χ0v) is 20.3. The maximum absolute atomic E-state index is 12.6. The van der Waals surface area contributed by atoms with E-state index >= 15 is 0 Å². The Morgan fingerprint density at radius 3 is 2.62 bits per heavy atom. The van der Waals surface area contributed by atoms with Crippen LogP contribution in [0.4, 0.5) is 5.13 Å². The van der Waals surface area contributed by atoms with Crippen LogP contribution in [-0.4, -0.2) is 55.1 Å². The lowest BCUT2D eigenvalue weighted by atomic mass is 10.1. The summed E-state index contributed by atoms with van der Waals surface area (Å²) < 4.78 is 2.31. The van der Waals surface area contributed by atoms with Crippen LogP contribution in [0.5, 0.6) is 0 Å². The number of fused-ring (bicyclic) bond motifs is 2. The summed E-state index contributed by atoms with van der Waals surface area (Å²) in [5.74, 6) is -0.0870. The van der Waals surface area contributed by atoms with Crippen LogP contribution in [0.3, 0.4) is 0 Å². The molecule has 1 aliphatic heterocycles. The Bertz CT molecular complexity index is 1260. The van der Waals surface area contributed by atoms with E-state index in [1.807, 2.05) is 24.3 Å². The largest absolute Gasteiger partial charge is 0.350 e. The summed E-state index contributed by atoms with van der Waals surface area (Å²) in [5.41, 5.74) is 2.47. The van der Waals surface area contributed by atoms with E-state index in [2.05, 4.69) is 40.2 Å². The van der Waals surface area contributed by atoms with Crippen LogP contribution in [0.1, 0.15) is 22.2 Å². The highest BCUT2D eigenvalue weighted by Crippen LogP contribution is 2.35. The van der Waals surface area contributed by atoms with Gasteiger partial charge in [0.2, 0.25) is 0 Å². The second-order valence-electron chi connectivity index (χ2n) is 7.94. The van der Waals surface area contributed by atoms with Gasteiger partial charge in [-0.15, -0.1) is 11.3 Å². The molecule has 0 spiro atoms. The molecular formula is C24H25ClN4OS2. The number of hydrogen-bond acceptors (Lipinski definition) is 6. The average Bonchev–Trinajstić information content (AvgIpc) is 3.41. The third-order valence-electron chi connectivity index (χ3n) is 5.97. The zero-order valence-electron chi connectivity index (χ0n) is 17.9. The lowest BCUT2D eigenvalue weighted by Crippen LogP contribution is -2.48. The van der Waals surface area contributed by atoms with Crippen molar-refractivity contribution >= 4 is 65.6 Å². The van der Waals surface area contributed by atoms with Crippen molar-refractivity contribution < 1.29 is 4.79 Å². The number of rotatable bonds is 6. The molecule has 5 nitrogen and oxygen atoms in total. The summed E-state index contributed by atoms with van der Waals surface area (Å²) in [5, 5.41) is 5.66. The van der Waals surface area contributed by atoms with E-state index in [1.54, 1.807) is 11.3 Å².